The summed E-state index contributed by atoms with van der Waals surface area (Å²) in [5, 5.41) is 15.8. The number of likely N-dealkylation sites (tertiary alicyclic amines) is 1. The molecule has 0 saturated carbocycles. The number of aromatic hydroxyl groups is 1. The highest BCUT2D eigenvalue weighted by molar-refractivity contribution is 6.15. The van der Waals surface area contributed by atoms with E-state index in [4.69, 9.17) is 0 Å². The van der Waals surface area contributed by atoms with Crippen LogP contribution in [-0.2, 0) is 32.8 Å². The molecule has 36 heavy (non-hydrogen) atoms. The molecule has 3 aromatic carbocycles. The van der Waals surface area contributed by atoms with E-state index < -0.39 is 41.0 Å². The third-order valence-electron chi connectivity index (χ3n) is 7.63. The fourth-order valence-electron chi connectivity index (χ4n) is 6.00. The van der Waals surface area contributed by atoms with Crippen LogP contribution in [0.25, 0.3) is 0 Å². The van der Waals surface area contributed by atoms with E-state index in [2.05, 4.69) is 10.6 Å². The average Bonchev–Trinajstić information content (AvgIpc) is 3.44. The van der Waals surface area contributed by atoms with Gasteiger partial charge < -0.3 is 10.4 Å². The maximum absolute atomic E-state index is 14.4. The van der Waals surface area contributed by atoms with Crippen LogP contribution in [0, 0.1) is 17.7 Å². The van der Waals surface area contributed by atoms with Crippen LogP contribution in [0.15, 0.2) is 72.8 Å². The first-order valence-corrected chi connectivity index (χ1v) is 11.9. The molecule has 6 rings (SSSR count). The number of carbonyl (C=O) groups is 3. The van der Waals surface area contributed by atoms with Crippen molar-refractivity contribution in [3.05, 3.63) is 95.3 Å². The molecule has 3 amide bonds. The number of anilines is 1. The Bertz CT molecular complexity index is 1380. The maximum atomic E-state index is 14.4. The van der Waals surface area contributed by atoms with Gasteiger partial charge in [0.2, 0.25) is 17.7 Å². The van der Waals surface area contributed by atoms with Crippen molar-refractivity contribution in [1.29, 1.82) is 0 Å². The Balaban J connectivity index is 1.40. The highest BCUT2D eigenvalue weighted by Crippen LogP contribution is 2.53. The predicted octanol–water partition coefficient (Wildman–Crippen LogP) is 2.74. The van der Waals surface area contributed by atoms with Crippen molar-refractivity contribution in [3.63, 3.8) is 0 Å². The van der Waals surface area contributed by atoms with Gasteiger partial charge in [-0.3, -0.25) is 24.6 Å². The molecule has 8 heteroatoms. The molecule has 7 nitrogen and oxygen atoms in total. The summed E-state index contributed by atoms with van der Waals surface area (Å²) in [6, 6.07) is 19.6. The number of hydrogen-bond acceptors (Lipinski definition) is 5. The van der Waals surface area contributed by atoms with E-state index >= 15 is 0 Å². The Labute approximate surface area is 206 Å². The van der Waals surface area contributed by atoms with Gasteiger partial charge in [0.15, 0.2) is 0 Å². The lowest BCUT2D eigenvalue weighted by molar-refractivity contribution is -0.142. The van der Waals surface area contributed by atoms with Crippen LogP contribution in [-0.4, -0.2) is 40.3 Å². The van der Waals surface area contributed by atoms with Gasteiger partial charge in [-0.1, -0.05) is 42.5 Å². The van der Waals surface area contributed by atoms with Gasteiger partial charge in [-0.25, -0.2) is 4.39 Å². The van der Waals surface area contributed by atoms with Gasteiger partial charge in [-0.2, -0.15) is 0 Å². The molecular weight excluding hydrogens is 461 g/mol. The van der Waals surface area contributed by atoms with Crippen LogP contribution in [0.4, 0.5) is 10.1 Å². The number of halogens is 1. The summed E-state index contributed by atoms with van der Waals surface area (Å²) in [4.78, 5) is 42.3. The number of benzene rings is 3. The van der Waals surface area contributed by atoms with Crippen molar-refractivity contribution in [1.82, 2.24) is 10.2 Å². The first-order valence-electron chi connectivity index (χ1n) is 11.9. The van der Waals surface area contributed by atoms with Gasteiger partial charge >= 0.3 is 0 Å². The zero-order valence-electron chi connectivity index (χ0n) is 19.3. The summed E-state index contributed by atoms with van der Waals surface area (Å²) in [6.07, 6.45) is 0.852. The van der Waals surface area contributed by atoms with E-state index in [9.17, 15) is 23.9 Å². The number of carbonyl (C=O) groups excluding carboxylic acids is 3. The zero-order valence-corrected chi connectivity index (χ0v) is 19.3. The summed E-state index contributed by atoms with van der Waals surface area (Å²) in [5.41, 5.74) is 1.07. The number of hydrogen-bond donors (Lipinski definition) is 3. The number of nitrogens with zero attached hydrogens (tertiary/aromatic N) is 1. The average molecular weight is 486 g/mol. The number of imide groups is 1. The number of rotatable bonds is 5. The second-order valence-electron chi connectivity index (χ2n) is 9.64. The minimum absolute atomic E-state index is 0.117. The second kappa shape index (κ2) is 8.27. The fourth-order valence-corrected chi connectivity index (χ4v) is 6.00. The minimum Gasteiger partial charge on any atom is -0.508 e. The van der Waals surface area contributed by atoms with Crippen molar-refractivity contribution in [3.8, 4) is 5.75 Å². The number of phenols is 1. The molecule has 3 heterocycles. The Morgan fingerprint density at radius 3 is 2.42 bits per heavy atom. The van der Waals surface area contributed by atoms with Crippen molar-refractivity contribution in [2.75, 3.05) is 11.9 Å². The molecular formula is C28H24FN3O4. The van der Waals surface area contributed by atoms with Crippen molar-refractivity contribution in [2.24, 2.45) is 11.8 Å². The highest BCUT2D eigenvalue weighted by Gasteiger charge is 2.70. The monoisotopic (exact) mass is 485 g/mol. The summed E-state index contributed by atoms with van der Waals surface area (Å²) >= 11 is 0. The predicted molar refractivity (Wildman–Crippen MR) is 129 cm³/mol. The largest absolute Gasteiger partial charge is 0.508 e. The number of amides is 3. The number of nitrogens with one attached hydrogen (secondary N) is 2. The third-order valence-corrected chi connectivity index (χ3v) is 7.63. The molecule has 2 fully saturated rings. The fraction of sp³-hybridized carbons (Fsp3) is 0.250. The molecule has 2 saturated heterocycles. The third kappa shape index (κ3) is 3.32. The van der Waals surface area contributed by atoms with E-state index in [1.165, 1.54) is 23.1 Å². The van der Waals surface area contributed by atoms with Gasteiger partial charge in [0.1, 0.15) is 17.1 Å². The van der Waals surface area contributed by atoms with E-state index in [0.29, 0.717) is 24.1 Å². The Morgan fingerprint density at radius 2 is 1.67 bits per heavy atom. The van der Waals surface area contributed by atoms with Crippen LogP contribution in [0.5, 0.6) is 5.75 Å². The van der Waals surface area contributed by atoms with Crippen LogP contribution >= 0.6 is 0 Å². The molecule has 3 aromatic rings. The molecule has 1 spiro atoms. The lowest BCUT2D eigenvalue weighted by atomic mass is 9.76. The van der Waals surface area contributed by atoms with Gasteiger partial charge in [-0.15, -0.1) is 0 Å². The lowest BCUT2D eigenvalue weighted by Crippen LogP contribution is -2.53. The summed E-state index contributed by atoms with van der Waals surface area (Å²) in [7, 11) is 0. The summed E-state index contributed by atoms with van der Waals surface area (Å²) in [6.45, 7) is 0.203. The van der Waals surface area contributed by atoms with Gasteiger partial charge in [0.25, 0.3) is 0 Å². The smallest absolute Gasteiger partial charge is 0.250 e. The Hall–Kier alpha value is -4.04. The lowest BCUT2D eigenvalue weighted by Gasteiger charge is -2.29. The van der Waals surface area contributed by atoms with Crippen LogP contribution in [0.1, 0.15) is 16.7 Å². The highest BCUT2D eigenvalue weighted by atomic mass is 19.1. The molecule has 3 N–H and O–H groups in total. The van der Waals surface area contributed by atoms with Crippen molar-refractivity contribution >= 4 is 23.4 Å². The quantitative estimate of drug-likeness (QED) is 0.483. The first kappa shape index (κ1) is 22.4. The Morgan fingerprint density at radius 1 is 0.917 bits per heavy atom. The topological polar surface area (TPSA) is 98.7 Å². The minimum atomic E-state index is -1.54. The van der Waals surface area contributed by atoms with Crippen LogP contribution in [0.3, 0.4) is 0 Å². The second-order valence-corrected chi connectivity index (χ2v) is 9.64. The standard InChI is InChI=1S/C28H24FN3O4/c29-18-8-11-21-20(15-18)28(27(36)30-21)24-23(22(31-28)14-17-6-9-19(33)10-7-17)25(34)32(26(24)35)13-12-16-4-2-1-3-5-16/h1-11,15,22-24,31,33H,12-14H2,(H,30,36). The van der Waals surface area contributed by atoms with Crippen molar-refractivity contribution < 1.29 is 23.9 Å². The Kier molecular flexibility index (Phi) is 5.15. The summed E-state index contributed by atoms with van der Waals surface area (Å²) < 4.78 is 14.4. The van der Waals surface area contributed by atoms with Crippen LogP contribution < -0.4 is 10.6 Å². The normalized spacial score (nSPS) is 26.4. The van der Waals surface area contributed by atoms with Crippen LogP contribution in [0.2, 0.25) is 0 Å². The summed E-state index contributed by atoms with van der Waals surface area (Å²) in [5.74, 6) is -3.40. The first-order chi connectivity index (χ1) is 17.4. The molecule has 0 bridgehead atoms. The SMILES string of the molecule is O=C1C2C(Cc3ccc(O)cc3)NC3(C(=O)Nc4ccc(F)cc43)C2C(=O)N1CCc1ccccc1. The van der Waals surface area contributed by atoms with Gasteiger partial charge in [0.05, 0.1) is 11.8 Å². The molecule has 0 radical (unpaired) electrons. The van der Waals surface area contributed by atoms with Crippen molar-refractivity contribution in [2.45, 2.75) is 24.4 Å². The zero-order chi connectivity index (χ0) is 25.0. The molecule has 0 aliphatic carbocycles. The van der Waals surface area contributed by atoms with E-state index in [0.717, 1.165) is 11.1 Å². The number of fused-ring (bicyclic) bond motifs is 4. The molecule has 4 unspecified atom stereocenters. The molecule has 4 atom stereocenters. The van der Waals surface area contributed by atoms with E-state index in [-0.39, 0.29) is 18.2 Å². The number of phenolic OH excluding ortho intramolecular Hbond substituents is 1. The molecule has 3 aliphatic rings. The van der Waals surface area contributed by atoms with Gasteiger partial charge in [-0.05, 0) is 54.3 Å². The molecule has 182 valence electrons. The van der Waals surface area contributed by atoms with Gasteiger partial charge in [0, 0.05) is 23.8 Å². The molecule has 0 aromatic heterocycles. The maximum Gasteiger partial charge on any atom is 0.250 e. The molecule has 3 aliphatic heterocycles. The van der Waals surface area contributed by atoms with E-state index in [1.54, 1.807) is 24.3 Å². The van der Waals surface area contributed by atoms with E-state index in [1.807, 2.05) is 30.3 Å².